The lowest BCUT2D eigenvalue weighted by molar-refractivity contribution is 0.0696. The molecule has 8 heteroatoms. The molecule has 0 radical (unpaired) electrons. The Morgan fingerprint density at radius 1 is 1.48 bits per heavy atom. The zero-order valence-corrected chi connectivity index (χ0v) is 13.9. The zero-order chi connectivity index (χ0) is 15.6. The maximum atomic E-state index is 12.7. The molecule has 116 valence electrons. The van der Waals surface area contributed by atoms with Gasteiger partial charge in [-0.05, 0) is 47.5 Å². The number of halogens is 1. The summed E-state index contributed by atoms with van der Waals surface area (Å²) in [6.45, 7) is 3.04. The largest absolute Gasteiger partial charge is 0.478 e. The van der Waals surface area contributed by atoms with Gasteiger partial charge in [-0.3, -0.25) is 0 Å². The summed E-state index contributed by atoms with van der Waals surface area (Å²) in [6, 6.07) is 3.91. The average molecular weight is 378 g/mol. The van der Waals surface area contributed by atoms with Crippen LogP contribution >= 0.6 is 15.9 Å². The van der Waals surface area contributed by atoms with E-state index in [0.717, 1.165) is 0 Å². The Morgan fingerprint density at radius 2 is 2.19 bits per heavy atom. The topological polar surface area (TPSA) is 83.9 Å². The van der Waals surface area contributed by atoms with E-state index < -0.39 is 16.0 Å². The average Bonchev–Trinajstić information content (AvgIpc) is 2.63. The van der Waals surface area contributed by atoms with Crippen molar-refractivity contribution in [3.63, 3.8) is 0 Å². The van der Waals surface area contributed by atoms with Gasteiger partial charge in [0, 0.05) is 24.2 Å². The Bertz CT molecular complexity index is 646. The molecule has 1 heterocycles. The predicted octanol–water partition coefficient (Wildman–Crippen LogP) is 1.95. The van der Waals surface area contributed by atoms with E-state index in [0.29, 0.717) is 19.6 Å². The lowest BCUT2D eigenvalue weighted by Crippen LogP contribution is -2.36. The summed E-state index contributed by atoms with van der Waals surface area (Å²) < 4.78 is 32.4. The molecule has 0 amide bonds. The van der Waals surface area contributed by atoms with Crippen LogP contribution < -0.4 is 0 Å². The molecule has 1 aromatic carbocycles. The second-order valence-corrected chi connectivity index (χ2v) is 7.61. The van der Waals surface area contributed by atoms with Gasteiger partial charge in [0.15, 0.2) is 0 Å². The fraction of sp³-hybridized carbons (Fsp3) is 0.462. The SMILES string of the molecule is CC1CN(S(=O)(=O)c2ccc(C(=O)O)cc2Br)CCCO1. The van der Waals surface area contributed by atoms with E-state index in [-0.39, 0.29) is 27.6 Å². The van der Waals surface area contributed by atoms with Crippen molar-refractivity contribution >= 4 is 31.9 Å². The van der Waals surface area contributed by atoms with E-state index in [1.165, 1.54) is 22.5 Å². The van der Waals surface area contributed by atoms with Crippen molar-refractivity contribution in [2.24, 2.45) is 0 Å². The van der Waals surface area contributed by atoms with Gasteiger partial charge in [-0.1, -0.05) is 0 Å². The Kier molecular flexibility index (Phi) is 5.03. The molecule has 1 unspecified atom stereocenters. The normalized spacial score (nSPS) is 21.0. The van der Waals surface area contributed by atoms with Crippen molar-refractivity contribution in [1.29, 1.82) is 0 Å². The van der Waals surface area contributed by atoms with E-state index in [1.54, 1.807) is 0 Å². The van der Waals surface area contributed by atoms with Gasteiger partial charge in [-0.2, -0.15) is 4.31 Å². The number of hydrogen-bond acceptors (Lipinski definition) is 4. The van der Waals surface area contributed by atoms with Crippen LogP contribution in [0.1, 0.15) is 23.7 Å². The predicted molar refractivity (Wildman–Crippen MR) is 79.9 cm³/mol. The van der Waals surface area contributed by atoms with E-state index in [2.05, 4.69) is 15.9 Å². The number of ether oxygens (including phenoxy) is 1. The van der Waals surface area contributed by atoms with Crippen molar-refractivity contribution in [3.05, 3.63) is 28.2 Å². The van der Waals surface area contributed by atoms with Crippen LogP contribution in [0.4, 0.5) is 0 Å². The van der Waals surface area contributed by atoms with E-state index in [9.17, 15) is 13.2 Å². The number of carboxylic acids is 1. The first-order valence-corrected chi connectivity index (χ1v) is 8.70. The second-order valence-electron chi connectivity index (χ2n) is 4.85. The third-order valence-corrected chi connectivity index (χ3v) is 6.05. The molecule has 1 N–H and O–H groups in total. The molecular weight excluding hydrogens is 362 g/mol. The van der Waals surface area contributed by atoms with Crippen molar-refractivity contribution in [1.82, 2.24) is 4.31 Å². The number of rotatable bonds is 3. The van der Waals surface area contributed by atoms with Gasteiger partial charge in [-0.15, -0.1) is 0 Å². The molecule has 1 atom stereocenters. The highest BCUT2D eigenvalue weighted by atomic mass is 79.9. The molecule has 0 aliphatic carbocycles. The van der Waals surface area contributed by atoms with Gasteiger partial charge in [0.2, 0.25) is 10.0 Å². The lowest BCUT2D eigenvalue weighted by Gasteiger charge is -2.22. The number of benzene rings is 1. The van der Waals surface area contributed by atoms with Gasteiger partial charge in [0.05, 0.1) is 16.6 Å². The van der Waals surface area contributed by atoms with Gasteiger partial charge in [-0.25, -0.2) is 13.2 Å². The number of nitrogens with zero attached hydrogens (tertiary/aromatic N) is 1. The fourth-order valence-corrected chi connectivity index (χ4v) is 4.75. The Hall–Kier alpha value is -0.960. The quantitative estimate of drug-likeness (QED) is 0.869. The molecule has 21 heavy (non-hydrogen) atoms. The molecule has 1 aliphatic rings. The summed E-state index contributed by atoms with van der Waals surface area (Å²) in [5, 5.41) is 8.93. The Labute approximate surface area is 131 Å². The van der Waals surface area contributed by atoms with Crippen molar-refractivity contribution < 1.29 is 23.1 Å². The number of carboxylic acid groups (broad SMARTS) is 1. The van der Waals surface area contributed by atoms with Gasteiger partial charge in [0.1, 0.15) is 0 Å². The van der Waals surface area contributed by atoms with E-state index >= 15 is 0 Å². The number of sulfonamides is 1. The third kappa shape index (κ3) is 3.63. The summed E-state index contributed by atoms with van der Waals surface area (Å²) in [4.78, 5) is 11.0. The minimum atomic E-state index is -3.68. The first-order chi connectivity index (χ1) is 9.82. The van der Waals surface area contributed by atoms with Crippen molar-refractivity contribution in [2.75, 3.05) is 19.7 Å². The highest BCUT2D eigenvalue weighted by molar-refractivity contribution is 9.10. The van der Waals surface area contributed by atoms with Crippen LogP contribution in [0.3, 0.4) is 0 Å². The zero-order valence-electron chi connectivity index (χ0n) is 11.5. The summed E-state index contributed by atoms with van der Waals surface area (Å²) in [5.41, 5.74) is 0.0355. The molecule has 0 aromatic heterocycles. The van der Waals surface area contributed by atoms with Crippen LogP contribution in [-0.4, -0.2) is 49.6 Å². The van der Waals surface area contributed by atoms with Gasteiger partial charge >= 0.3 is 5.97 Å². The maximum absolute atomic E-state index is 12.7. The molecule has 1 aliphatic heterocycles. The van der Waals surface area contributed by atoms with Gasteiger partial charge < -0.3 is 9.84 Å². The molecule has 6 nitrogen and oxygen atoms in total. The number of hydrogen-bond donors (Lipinski definition) is 1. The Morgan fingerprint density at radius 3 is 2.81 bits per heavy atom. The van der Waals surface area contributed by atoms with Crippen molar-refractivity contribution in [3.8, 4) is 0 Å². The molecule has 1 fully saturated rings. The van der Waals surface area contributed by atoms with Crippen LogP contribution in [0.25, 0.3) is 0 Å². The molecule has 0 saturated carbocycles. The standard InChI is InChI=1S/C13H16BrNO5S/c1-9-8-15(5-2-6-20-9)21(18,19)12-4-3-10(13(16)17)7-11(12)14/h3-4,7,9H,2,5-6,8H2,1H3,(H,16,17). The van der Waals surface area contributed by atoms with Crippen LogP contribution in [0, 0.1) is 0 Å². The fourth-order valence-electron chi connectivity index (χ4n) is 2.16. The highest BCUT2D eigenvalue weighted by Gasteiger charge is 2.29. The molecule has 0 bridgehead atoms. The first-order valence-electron chi connectivity index (χ1n) is 6.47. The summed E-state index contributed by atoms with van der Waals surface area (Å²) in [7, 11) is -3.68. The monoisotopic (exact) mass is 377 g/mol. The molecule has 0 spiro atoms. The molecule has 1 saturated heterocycles. The van der Waals surface area contributed by atoms with Crippen LogP contribution in [-0.2, 0) is 14.8 Å². The second kappa shape index (κ2) is 6.43. The summed E-state index contributed by atoms with van der Waals surface area (Å²) >= 11 is 3.15. The minimum Gasteiger partial charge on any atom is -0.478 e. The van der Waals surface area contributed by atoms with Crippen LogP contribution in [0.2, 0.25) is 0 Å². The van der Waals surface area contributed by atoms with E-state index in [4.69, 9.17) is 9.84 Å². The molecular formula is C13H16BrNO5S. The summed E-state index contributed by atoms with van der Waals surface area (Å²) in [6.07, 6.45) is 0.466. The van der Waals surface area contributed by atoms with E-state index in [1.807, 2.05) is 6.92 Å². The lowest BCUT2D eigenvalue weighted by atomic mass is 10.2. The van der Waals surface area contributed by atoms with Crippen LogP contribution in [0.15, 0.2) is 27.6 Å². The highest BCUT2D eigenvalue weighted by Crippen LogP contribution is 2.27. The molecule has 2 rings (SSSR count). The smallest absolute Gasteiger partial charge is 0.335 e. The minimum absolute atomic E-state index is 0.0355. The number of carbonyl (C=O) groups is 1. The molecule has 1 aromatic rings. The first kappa shape index (κ1) is 16.4. The van der Waals surface area contributed by atoms with Gasteiger partial charge in [0.25, 0.3) is 0 Å². The number of aromatic carboxylic acids is 1. The third-order valence-electron chi connectivity index (χ3n) is 3.21. The maximum Gasteiger partial charge on any atom is 0.335 e. The Balaban J connectivity index is 2.37. The summed E-state index contributed by atoms with van der Waals surface area (Å²) in [5.74, 6) is -1.10. The van der Waals surface area contributed by atoms with Crippen molar-refractivity contribution in [2.45, 2.75) is 24.3 Å². The van der Waals surface area contributed by atoms with Crippen LogP contribution in [0.5, 0.6) is 0 Å².